The summed E-state index contributed by atoms with van der Waals surface area (Å²) in [4.78, 5) is 4.32. The Bertz CT molecular complexity index is 459. The first-order chi connectivity index (χ1) is 8.33. The maximum atomic E-state index is 5.14. The van der Waals surface area contributed by atoms with Crippen molar-refractivity contribution in [3.63, 3.8) is 0 Å². The van der Waals surface area contributed by atoms with Crippen LogP contribution in [0.15, 0.2) is 36.7 Å². The molecule has 1 aromatic carbocycles. The minimum absolute atomic E-state index is 0.908. The maximum Gasteiger partial charge on any atom is 0.118 e. The van der Waals surface area contributed by atoms with E-state index in [-0.39, 0.29) is 0 Å². The van der Waals surface area contributed by atoms with Crippen LogP contribution in [-0.2, 0) is 19.4 Å². The van der Waals surface area contributed by atoms with E-state index in [9.17, 15) is 0 Å². The standard InChI is InChI=1S/C14H18N2O/c1-3-14-15-9-11-16(14)10-8-12-4-6-13(17-2)7-5-12/h4-7,9,11H,3,8,10H2,1-2H3. The summed E-state index contributed by atoms with van der Waals surface area (Å²) in [7, 11) is 1.69. The number of hydrogen-bond donors (Lipinski definition) is 0. The number of methoxy groups -OCH3 is 1. The molecule has 2 rings (SSSR count). The lowest BCUT2D eigenvalue weighted by Crippen LogP contribution is -2.04. The van der Waals surface area contributed by atoms with Crippen molar-refractivity contribution in [1.82, 2.24) is 9.55 Å². The smallest absolute Gasteiger partial charge is 0.118 e. The van der Waals surface area contributed by atoms with Crippen molar-refractivity contribution in [2.75, 3.05) is 7.11 Å². The molecule has 3 nitrogen and oxygen atoms in total. The lowest BCUT2D eigenvalue weighted by molar-refractivity contribution is 0.414. The van der Waals surface area contributed by atoms with Gasteiger partial charge in [0.05, 0.1) is 7.11 Å². The number of imidazole rings is 1. The van der Waals surface area contributed by atoms with Gasteiger partial charge in [-0.05, 0) is 24.1 Å². The maximum absolute atomic E-state index is 5.14. The van der Waals surface area contributed by atoms with Crippen LogP contribution in [0.3, 0.4) is 0 Å². The minimum Gasteiger partial charge on any atom is -0.497 e. The minimum atomic E-state index is 0.908. The van der Waals surface area contributed by atoms with Crippen LogP contribution in [0, 0.1) is 0 Å². The summed E-state index contributed by atoms with van der Waals surface area (Å²) in [5, 5.41) is 0. The van der Waals surface area contributed by atoms with Crippen LogP contribution in [-0.4, -0.2) is 16.7 Å². The van der Waals surface area contributed by atoms with Gasteiger partial charge in [-0.25, -0.2) is 4.98 Å². The third-order valence-corrected chi connectivity index (χ3v) is 2.92. The van der Waals surface area contributed by atoms with Crippen molar-refractivity contribution in [2.24, 2.45) is 0 Å². The molecule has 17 heavy (non-hydrogen) atoms. The molecule has 0 fully saturated rings. The number of aryl methyl sites for hydroxylation is 3. The Balaban J connectivity index is 1.97. The lowest BCUT2D eigenvalue weighted by Gasteiger charge is -2.07. The van der Waals surface area contributed by atoms with E-state index in [1.807, 2.05) is 24.5 Å². The van der Waals surface area contributed by atoms with Crippen molar-refractivity contribution in [3.8, 4) is 5.75 Å². The fraction of sp³-hybridized carbons (Fsp3) is 0.357. The van der Waals surface area contributed by atoms with Gasteiger partial charge in [0.1, 0.15) is 11.6 Å². The predicted octanol–water partition coefficient (Wildman–Crippen LogP) is 2.70. The van der Waals surface area contributed by atoms with Crippen molar-refractivity contribution >= 4 is 0 Å². The molecule has 0 spiro atoms. The molecule has 0 aliphatic carbocycles. The van der Waals surface area contributed by atoms with Gasteiger partial charge in [-0.1, -0.05) is 19.1 Å². The van der Waals surface area contributed by atoms with Crippen LogP contribution in [0.5, 0.6) is 5.75 Å². The molecule has 0 saturated carbocycles. The highest BCUT2D eigenvalue weighted by molar-refractivity contribution is 5.27. The van der Waals surface area contributed by atoms with E-state index in [2.05, 4.69) is 28.6 Å². The first kappa shape index (κ1) is 11.7. The molecular weight excluding hydrogens is 212 g/mol. The molecule has 0 radical (unpaired) electrons. The Kier molecular flexibility index (Phi) is 3.81. The Morgan fingerprint density at radius 2 is 2.00 bits per heavy atom. The second-order valence-corrected chi connectivity index (χ2v) is 3.99. The first-order valence-electron chi connectivity index (χ1n) is 5.96. The molecule has 0 saturated heterocycles. The second-order valence-electron chi connectivity index (χ2n) is 3.99. The molecule has 0 aliphatic rings. The summed E-state index contributed by atoms with van der Waals surface area (Å²) in [5.74, 6) is 2.06. The molecule has 0 amide bonds. The fourth-order valence-corrected chi connectivity index (χ4v) is 1.90. The fourth-order valence-electron chi connectivity index (χ4n) is 1.90. The normalized spacial score (nSPS) is 10.5. The molecule has 0 N–H and O–H groups in total. The molecule has 0 unspecified atom stereocenters. The van der Waals surface area contributed by atoms with Gasteiger partial charge in [0.25, 0.3) is 0 Å². The molecule has 2 aromatic rings. The highest BCUT2D eigenvalue weighted by Gasteiger charge is 2.00. The van der Waals surface area contributed by atoms with Gasteiger partial charge >= 0.3 is 0 Å². The van der Waals surface area contributed by atoms with Gasteiger partial charge in [-0.3, -0.25) is 0 Å². The van der Waals surface area contributed by atoms with E-state index in [0.717, 1.165) is 31.0 Å². The van der Waals surface area contributed by atoms with Gasteiger partial charge in [0, 0.05) is 25.4 Å². The molecule has 90 valence electrons. The highest BCUT2D eigenvalue weighted by Crippen LogP contribution is 2.12. The van der Waals surface area contributed by atoms with Crippen molar-refractivity contribution in [2.45, 2.75) is 26.3 Å². The van der Waals surface area contributed by atoms with Crippen molar-refractivity contribution < 1.29 is 4.74 Å². The zero-order chi connectivity index (χ0) is 12.1. The Morgan fingerprint density at radius 1 is 1.24 bits per heavy atom. The van der Waals surface area contributed by atoms with Crippen molar-refractivity contribution in [3.05, 3.63) is 48.0 Å². The van der Waals surface area contributed by atoms with Gasteiger partial charge in [0.15, 0.2) is 0 Å². The topological polar surface area (TPSA) is 27.1 Å². The molecule has 0 bridgehead atoms. The number of rotatable bonds is 5. The quantitative estimate of drug-likeness (QED) is 0.789. The van der Waals surface area contributed by atoms with E-state index >= 15 is 0 Å². The molecule has 1 aromatic heterocycles. The van der Waals surface area contributed by atoms with Crippen LogP contribution in [0.2, 0.25) is 0 Å². The molecule has 3 heteroatoms. The predicted molar refractivity (Wildman–Crippen MR) is 68.3 cm³/mol. The van der Waals surface area contributed by atoms with Crippen LogP contribution >= 0.6 is 0 Å². The van der Waals surface area contributed by atoms with E-state index in [1.165, 1.54) is 5.56 Å². The average Bonchev–Trinajstić information content (AvgIpc) is 2.84. The van der Waals surface area contributed by atoms with Crippen molar-refractivity contribution in [1.29, 1.82) is 0 Å². The summed E-state index contributed by atoms with van der Waals surface area (Å²) in [6.45, 7) is 3.11. The molecule has 0 atom stereocenters. The van der Waals surface area contributed by atoms with Gasteiger partial charge in [-0.2, -0.15) is 0 Å². The van der Waals surface area contributed by atoms with E-state index in [4.69, 9.17) is 4.74 Å². The Hall–Kier alpha value is -1.77. The van der Waals surface area contributed by atoms with Crippen LogP contribution in [0.1, 0.15) is 18.3 Å². The lowest BCUT2D eigenvalue weighted by atomic mass is 10.1. The van der Waals surface area contributed by atoms with E-state index < -0.39 is 0 Å². The average molecular weight is 230 g/mol. The number of aromatic nitrogens is 2. The zero-order valence-electron chi connectivity index (χ0n) is 10.4. The van der Waals surface area contributed by atoms with Crippen LogP contribution in [0.25, 0.3) is 0 Å². The summed E-state index contributed by atoms with van der Waals surface area (Å²) in [6, 6.07) is 8.23. The van der Waals surface area contributed by atoms with Gasteiger partial charge in [-0.15, -0.1) is 0 Å². The van der Waals surface area contributed by atoms with Crippen LogP contribution in [0.4, 0.5) is 0 Å². The van der Waals surface area contributed by atoms with Gasteiger partial charge in [0.2, 0.25) is 0 Å². The van der Waals surface area contributed by atoms with E-state index in [1.54, 1.807) is 7.11 Å². The summed E-state index contributed by atoms with van der Waals surface area (Å²) >= 11 is 0. The third kappa shape index (κ3) is 2.87. The SMILES string of the molecule is CCc1nccn1CCc1ccc(OC)cc1. The number of hydrogen-bond acceptors (Lipinski definition) is 2. The summed E-state index contributed by atoms with van der Waals surface area (Å²) in [6.07, 6.45) is 5.91. The first-order valence-corrected chi connectivity index (χ1v) is 5.96. The van der Waals surface area contributed by atoms with E-state index in [0.29, 0.717) is 0 Å². The largest absolute Gasteiger partial charge is 0.497 e. The molecular formula is C14H18N2O. The van der Waals surface area contributed by atoms with Crippen LogP contribution < -0.4 is 4.74 Å². The van der Waals surface area contributed by atoms with Gasteiger partial charge < -0.3 is 9.30 Å². The number of ether oxygens (including phenoxy) is 1. The zero-order valence-corrected chi connectivity index (χ0v) is 10.4. The molecule has 1 heterocycles. The summed E-state index contributed by atoms with van der Waals surface area (Å²) < 4.78 is 7.35. The monoisotopic (exact) mass is 230 g/mol. The second kappa shape index (κ2) is 5.53. The number of benzene rings is 1. The highest BCUT2D eigenvalue weighted by atomic mass is 16.5. The molecule has 0 aliphatic heterocycles. The third-order valence-electron chi connectivity index (χ3n) is 2.92. The Morgan fingerprint density at radius 3 is 2.65 bits per heavy atom. The Labute approximate surface area is 102 Å². The number of nitrogens with zero attached hydrogens (tertiary/aromatic N) is 2. The summed E-state index contributed by atoms with van der Waals surface area (Å²) in [5.41, 5.74) is 1.32.